The van der Waals surface area contributed by atoms with E-state index in [0.717, 1.165) is 30.5 Å². The molecular formula is C16H21F2N3O. The fourth-order valence-corrected chi connectivity index (χ4v) is 3.25. The van der Waals surface area contributed by atoms with E-state index in [1.165, 1.54) is 0 Å². The van der Waals surface area contributed by atoms with Gasteiger partial charge in [0.1, 0.15) is 5.82 Å². The van der Waals surface area contributed by atoms with Crippen molar-refractivity contribution in [1.29, 1.82) is 0 Å². The van der Waals surface area contributed by atoms with Gasteiger partial charge < -0.3 is 5.11 Å². The minimum absolute atomic E-state index is 0.166. The molecule has 2 heterocycles. The number of aliphatic hydroxyl groups excluding tert-OH is 1. The van der Waals surface area contributed by atoms with Crippen LogP contribution in [-0.2, 0) is 0 Å². The van der Waals surface area contributed by atoms with E-state index in [1.54, 1.807) is 18.2 Å². The number of para-hydroxylation sites is 2. The van der Waals surface area contributed by atoms with E-state index in [-0.39, 0.29) is 12.6 Å². The molecule has 1 aliphatic heterocycles. The number of piperidine rings is 1. The fourth-order valence-electron chi connectivity index (χ4n) is 3.25. The Hall–Kier alpha value is -1.53. The van der Waals surface area contributed by atoms with Gasteiger partial charge in [0.25, 0.3) is 0 Å². The third-order valence-electron chi connectivity index (χ3n) is 4.65. The third-order valence-corrected chi connectivity index (χ3v) is 4.65. The molecule has 1 aliphatic rings. The van der Waals surface area contributed by atoms with Gasteiger partial charge in [0.05, 0.1) is 17.1 Å². The van der Waals surface area contributed by atoms with Crippen LogP contribution in [0.15, 0.2) is 24.3 Å². The number of hydrogen-bond acceptors (Lipinski definition) is 3. The van der Waals surface area contributed by atoms with Gasteiger partial charge in [-0.2, -0.15) is 8.78 Å². The Morgan fingerprint density at radius 2 is 1.95 bits per heavy atom. The van der Waals surface area contributed by atoms with Crippen molar-refractivity contribution in [2.24, 2.45) is 5.92 Å². The molecule has 0 saturated carbocycles. The second-order valence-corrected chi connectivity index (χ2v) is 5.94. The topological polar surface area (TPSA) is 41.3 Å². The van der Waals surface area contributed by atoms with Crippen LogP contribution in [-0.4, -0.2) is 39.3 Å². The summed E-state index contributed by atoms with van der Waals surface area (Å²) in [5.74, 6) is 0.746. The lowest BCUT2D eigenvalue weighted by molar-refractivity contribution is 0.0582. The van der Waals surface area contributed by atoms with Gasteiger partial charge in [-0.1, -0.05) is 12.1 Å². The maximum Gasteiger partial charge on any atom is 0.320 e. The lowest BCUT2D eigenvalue weighted by Gasteiger charge is -2.35. The van der Waals surface area contributed by atoms with Crippen LogP contribution in [0.1, 0.15) is 38.2 Å². The highest BCUT2D eigenvalue weighted by atomic mass is 19.3. The van der Waals surface area contributed by atoms with Gasteiger partial charge in [-0.15, -0.1) is 0 Å². The zero-order valence-electron chi connectivity index (χ0n) is 12.6. The van der Waals surface area contributed by atoms with Crippen molar-refractivity contribution in [2.75, 3.05) is 19.7 Å². The van der Waals surface area contributed by atoms with Crippen LogP contribution in [0, 0.1) is 5.92 Å². The summed E-state index contributed by atoms with van der Waals surface area (Å²) in [6, 6.07) is 6.85. The molecule has 4 nitrogen and oxygen atoms in total. The van der Waals surface area contributed by atoms with Crippen molar-refractivity contribution in [2.45, 2.75) is 32.4 Å². The van der Waals surface area contributed by atoms with Crippen LogP contribution in [0.3, 0.4) is 0 Å². The molecule has 2 aromatic rings. The number of imidazole rings is 1. The minimum atomic E-state index is -2.60. The molecular weight excluding hydrogens is 288 g/mol. The van der Waals surface area contributed by atoms with Gasteiger partial charge in [0.15, 0.2) is 0 Å². The summed E-state index contributed by atoms with van der Waals surface area (Å²) in [5.41, 5.74) is 1.08. The Balaban J connectivity index is 1.90. The van der Waals surface area contributed by atoms with Crippen LogP contribution in [0.25, 0.3) is 11.0 Å². The molecule has 3 rings (SSSR count). The van der Waals surface area contributed by atoms with Crippen molar-refractivity contribution in [3.8, 4) is 0 Å². The molecule has 6 heteroatoms. The summed E-state index contributed by atoms with van der Waals surface area (Å²) < 4.78 is 28.1. The van der Waals surface area contributed by atoms with Gasteiger partial charge in [-0.05, 0) is 50.9 Å². The number of aliphatic hydroxyl groups is 1. The quantitative estimate of drug-likeness (QED) is 0.943. The van der Waals surface area contributed by atoms with Crippen LogP contribution in [0.4, 0.5) is 8.78 Å². The standard InChI is InChI=1S/C16H21F2N3O/c1-11(20-8-6-12(10-22)7-9-20)15-19-13-4-2-3-5-14(13)21(15)16(17)18/h2-5,11-12,16,22H,6-10H2,1H3. The molecule has 1 fully saturated rings. The van der Waals surface area contributed by atoms with Crippen molar-refractivity contribution in [3.63, 3.8) is 0 Å². The minimum Gasteiger partial charge on any atom is -0.396 e. The van der Waals surface area contributed by atoms with Crippen LogP contribution < -0.4 is 0 Å². The molecule has 0 aliphatic carbocycles. The van der Waals surface area contributed by atoms with Gasteiger partial charge in [-0.25, -0.2) is 4.98 Å². The fraction of sp³-hybridized carbons (Fsp3) is 0.562. The van der Waals surface area contributed by atoms with E-state index in [4.69, 9.17) is 0 Å². The first-order valence-corrected chi connectivity index (χ1v) is 7.71. The number of aromatic nitrogens is 2. The molecule has 1 N–H and O–H groups in total. The number of hydrogen-bond donors (Lipinski definition) is 1. The third kappa shape index (κ3) is 2.73. The first-order chi connectivity index (χ1) is 10.6. The number of rotatable bonds is 4. The lowest BCUT2D eigenvalue weighted by Crippen LogP contribution is -2.37. The van der Waals surface area contributed by atoms with Crippen molar-refractivity contribution in [3.05, 3.63) is 30.1 Å². The number of alkyl halides is 2. The number of benzene rings is 1. The summed E-state index contributed by atoms with van der Waals surface area (Å²) >= 11 is 0. The number of nitrogens with zero attached hydrogens (tertiary/aromatic N) is 3. The second kappa shape index (κ2) is 6.30. The SMILES string of the molecule is CC(c1nc2ccccc2n1C(F)F)N1CCC(CO)CC1. The molecule has 1 atom stereocenters. The molecule has 0 radical (unpaired) electrons. The van der Waals surface area contributed by atoms with E-state index in [0.29, 0.717) is 22.8 Å². The average Bonchev–Trinajstić information content (AvgIpc) is 2.94. The van der Waals surface area contributed by atoms with E-state index in [2.05, 4.69) is 9.88 Å². The summed E-state index contributed by atoms with van der Waals surface area (Å²) in [7, 11) is 0. The molecule has 120 valence electrons. The lowest BCUT2D eigenvalue weighted by atomic mass is 9.97. The van der Waals surface area contributed by atoms with E-state index < -0.39 is 6.55 Å². The summed E-state index contributed by atoms with van der Waals surface area (Å²) in [6.45, 7) is 1.15. The number of halogens is 2. The highest BCUT2D eigenvalue weighted by Gasteiger charge is 2.28. The first-order valence-electron chi connectivity index (χ1n) is 7.71. The first kappa shape index (κ1) is 15.4. The monoisotopic (exact) mass is 309 g/mol. The Morgan fingerprint density at radius 3 is 2.59 bits per heavy atom. The normalized spacial score (nSPS) is 19.1. The molecule has 0 spiro atoms. The predicted molar refractivity (Wildman–Crippen MR) is 80.8 cm³/mol. The maximum atomic E-state index is 13.5. The summed E-state index contributed by atoms with van der Waals surface area (Å²) in [4.78, 5) is 6.61. The molecule has 0 amide bonds. The Bertz CT molecular complexity index is 635. The number of likely N-dealkylation sites (tertiary alicyclic amines) is 1. The van der Waals surface area contributed by atoms with E-state index in [1.807, 2.05) is 13.0 Å². The Kier molecular flexibility index (Phi) is 4.40. The maximum absolute atomic E-state index is 13.5. The predicted octanol–water partition coefficient (Wildman–Crippen LogP) is 3.20. The van der Waals surface area contributed by atoms with Crippen molar-refractivity contribution in [1.82, 2.24) is 14.5 Å². The van der Waals surface area contributed by atoms with Crippen molar-refractivity contribution < 1.29 is 13.9 Å². The highest BCUT2D eigenvalue weighted by Crippen LogP contribution is 2.31. The zero-order valence-corrected chi connectivity index (χ0v) is 12.6. The Morgan fingerprint density at radius 1 is 1.27 bits per heavy atom. The van der Waals surface area contributed by atoms with Crippen LogP contribution in [0.5, 0.6) is 0 Å². The molecule has 1 aromatic carbocycles. The zero-order chi connectivity index (χ0) is 15.7. The second-order valence-electron chi connectivity index (χ2n) is 5.94. The molecule has 1 aromatic heterocycles. The summed E-state index contributed by atoms with van der Waals surface area (Å²) in [5, 5.41) is 9.21. The molecule has 1 unspecified atom stereocenters. The Labute approximate surface area is 128 Å². The van der Waals surface area contributed by atoms with E-state index >= 15 is 0 Å². The van der Waals surface area contributed by atoms with Crippen LogP contribution >= 0.6 is 0 Å². The smallest absolute Gasteiger partial charge is 0.320 e. The van der Waals surface area contributed by atoms with Gasteiger partial charge in [-0.3, -0.25) is 9.47 Å². The molecule has 22 heavy (non-hydrogen) atoms. The molecule has 1 saturated heterocycles. The van der Waals surface area contributed by atoms with Crippen molar-refractivity contribution >= 4 is 11.0 Å². The van der Waals surface area contributed by atoms with Gasteiger partial charge >= 0.3 is 6.55 Å². The number of fused-ring (bicyclic) bond motifs is 1. The van der Waals surface area contributed by atoms with Gasteiger partial charge in [0.2, 0.25) is 0 Å². The summed E-state index contributed by atoms with van der Waals surface area (Å²) in [6.07, 6.45) is 1.80. The van der Waals surface area contributed by atoms with Crippen LogP contribution in [0.2, 0.25) is 0 Å². The average molecular weight is 309 g/mol. The highest BCUT2D eigenvalue weighted by molar-refractivity contribution is 5.76. The largest absolute Gasteiger partial charge is 0.396 e. The van der Waals surface area contributed by atoms with Gasteiger partial charge in [0, 0.05) is 6.61 Å². The van der Waals surface area contributed by atoms with E-state index in [9.17, 15) is 13.9 Å². The molecule has 0 bridgehead atoms.